The van der Waals surface area contributed by atoms with Crippen LogP contribution in [-0.4, -0.2) is 53.8 Å². The molecule has 0 unspecified atom stereocenters. The highest BCUT2D eigenvalue weighted by atomic mass is 19.1. The molecule has 1 saturated heterocycles. The Labute approximate surface area is 204 Å². The molecule has 2 aromatic carbocycles. The van der Waals surface area contributed by atoms with E-state index in [1.165, 1.54) is 6.07 Å². The van der Waals surface area contributed by atoms with Crippen LogP contribution in [0.2, 0.25) is 0 Å². The maximum atomic E-state index is 14.9. The molecule has 0 atom stereocenters. The summed E-state index contributed by atoms with van der Waals surface area (Å²) >= 11 is 0. The van der Waals surface area contributed by atoms with Crippen molar-refractivity contribution in [3.8, 4) is 11.3 Å². The van der Waals surface area contributed by atoms with Crippen LogP contribution in [0, 0.1) is 18.6 Å². The summed E-state index contributed by atoms with van der Waals surface area (Å²) in [5, 5.41) is 12.5. The number of halogens is 2. The maximum absolute atomic E-state index is 14.9. The van der Waals surface area contributed by atoms with E-state index < -0.39 is 11.6 Å². The Bertz CT molecular complexity index is 1620. The lowest BCUT2D eigenvalue weighted by Crippen LogP contribution is -2.50. The lowest BCUT2D eigenvalue weighted by atomic mass is 10.1. The molecule has 6 rings (SSSR count). The summed E-state index contributed by atoms with van der Waals surface area (Å²) in [7, 11) is 0. The van der Waals surface area contributed by atoms with Crippen molar-refractivity contribution in [2.24, 2.45) is 0 Å². The second-order valence-corrected chi connectivity index (χ2v) is 9.31. The van der Waals surface area contributed by atoms with Crippen molar-refractivity contribution in [1.29, 1.82) is 0 Å². The molecule has 1 aliphatic rings. The number of nitrogens with one attached hydrogen (secondary N) is 2. The number of aryl methyl sites for hydroxylation is 1. The van der Waals surface area contributed by atoms with E-state index in [-0.39, 0.29) is 34.9 Å². The molecule has 184 valence electrons. The lowest BCUT2D eigenvalue weighted by Gasteiger charge is -2.37. The first-order valence-corrected chi connectivity index (χ1v) is 11.7. The van der Waals surface area contributed by atoms with Gasteiger partial charge in [-0.15, -0.1) is 0 Å². The fourth-order valence-corrected chi connectivity index (χ4v) is 4.71. The van der Waals surface area contributed by atoms with Crippen molar-refractivity contribution in [2.45, 2.75) is 32.9 Å². The number of imidazole rings is 2. The molecular weight excluding hydrogens is 466 g/mol. The third-order valence-electron chi connectivity index (χ3n) is 6.38. The van der Waals surface area contributed by atoms with Crippen molar-refractivity contribution >= 4 is 39.7 Å². The van der Waals surface area contributed by atoms with Crippen LogP contribution in [0.1, 0.15) is 25.7 Å². The highest BCUT2D eigenvalue weighted by Gasteiger charge is 2.25. The summed E-state index contributed by atoms with van der Waals surface area (Å²) < 4.78 is 31.6. The maximum Gasteiger partial charge on any atom is 0.230 e. The molecule has 4 heterocycles. The minimum Gasteiger partial charge on any atom is -0.389 e. The number of anilines is 3. The number of β-amino-alcohol motifs (C(OH)–C–C–N with tert-alkyl or cyclic N) is 1. The molecule has 3 N–H and O–H groups in total. The molecule has 0 aliphatic carbocycles. The van der Waals surface area contributed by atoms with E-state index in [9.17, 15) is 13.9 Å². The van der Waals surface area contributed by atoms with E-state index >= 15 is 0 Å². The minimum absolute atomic E-state index is 0.0304. The number of aromatic amines is 1. The van der Waals surface area contributed by atoms with Crippen molar-refractivity contribution in [3.05, 3.63) is 54.0 Å². The molecule has 5 aromatic rings. The predicted molar refractivity (Wildman–Crippen MR) is 133 cm³/mol. The van der Waals surface area contributed by atoms with Crippen LogP contribution in [0.5, 0.6) is 0 Å². The summed E-state index contributed by atoms with van der Waals surface area (Å²) in [6.45, 7) is 6.97. The Morgan fingerprint density at radius 3 is 2.64 bits per heavy atom. The number of aliphatic hydroxyl groups excluding tert-OH is 1. The van der Waals surface area contributed by atoms with Gasteiger partial charge in [0, 0.05) is 30.4 Å². The average molecular weight is 491 g/mol. The van der Waals surface area contributed by atoms with Gasteiger partial charge in [0.1, 0.15) is 17.0 Å². The normalized spacial score (nSPS) is 14.2. The topological polar surface area (TPSA) is 108 Å². The van der Waals surface area contributed by atoms with E-state index in [0.29, 0.717) is 30.4 Å². The lowest BCUT2D eigenvalue weighted by molar-refractivity contribution is 0.142. The SMILES string of the molecule is Cc1nc2c(F)cc(-c3nc(Nc4nc5ccc(N6CC(O)C6)cc5[nH]4)ncc3F)cc2n1C(C)C. The first-order chi connectivity index (χ1) is 17.3. The van der Waals surface area contributed by atoms with E-state index in [2.05, 4.69) is 35.1 Å². The van der Waals surface area contributed by atoms with Crippen LogP contribution in [0.25, 0.3) is 33.3 Å². The van der Waals surface area contributed by atoms with Gasteiger partial charge in [-0.1, -0.05) is 0 Å². The number of nitrogens with zero attached hydrogens (tertiary/aromatic N) is 6. The van der Waals surface area contributed by atoms with Gasteiger partial charge in [0.2, 0.25) is 11.9 Å². The van der Waals surface area contributed by atoms with Gasteiger partial charge >= 0.3 is 0 Å². The van der Waals surface area contributed by atoms with Crippen LogP contribution in [0.15, 0.2) is 36.5 Å². The summed E-state index contributed by atoms with van der Waals surface area (Å²) in [4.78, 5) is 22.4. The van der Waals surface area contributed by atoms with Crippen LogP contribution in [0.3, 0.4) is 0 Å². The fourth-order valence-electron chi connectivity index (χ4n) is 4.71. The summed E-state index contributed by atoms with van der Waals surface area (Å²) in [5.41, 5.74) is 3.59. The number of fused-ring (bicyclic) bond motifs is 2. The third kappa shape index (κ3) is 3.72. The number of aromatic nitrogens is 6. The van der Waals surface area contributed by atoms with Crippen molar-refractivity contribution in [1.82, 2.24) is 29.5 Å². The standard InChI is InChI=1S/C25H24F2N8O/c1-12(2)35-13(3)29-23-17(26)6-14(7-21(23)35)22-18(27)9-28-24(32-22)33-25-30-19-5-4-15(8-20(19)31-25)34-10-16(36)11-34/h4-9,12,16,36H,10-11H2,1-3H3,(H2,28,30,31,32,33). The van der Waals surface area contributed by atoms with Gasteiger partial charge in [-0.2, -0.15) is 0 Å². The Morgan fingerprint density at radius 1 is 1.08 bits per heavy atom. The molecule has 11 heteroatoms. The number of aliphatic hydroxyl groups is 1. The highest BCUT2D eigenvalue weighted by Crippen LogP contribution is 2.31. The number of benzene rings is 2. The molecule has 0 bridgehead atoms. The smallest absolute Gasteiger partial charge is 0.230 e. The van der Waals surface area contributed by atoms with E-state index in [1.807, 2.05) is 43.5 Å². The summed E-state index contributed by atoms with van der Waals surface area (Å²) in [6, 6.07) is 8.77. The Hall–Kier alpha value is -4.12. The van der Waals surface area contributed by atoms with E-state index in [4.69, 9.17) is 0 Å². The second-order valence-electron chi connectivity index (χ2n) is 9.31. The zero-order chi connectivity index (χ0) is 25.1. The van der Waals surface area contributed by atoms with Gasteiger partial charge in [0.25, 0.3) is 0 Å². The predicted octanol–water partition coefficient (Wildman–Crippen LogP) is 4.46. The first-order valence-electron chi connectivity index (χ1n) is 11.7. The summed E-state index contributed by atoms with van der Waals surface area (Å²) in [6.07, 6.45) is 0.752. The molecule has 36 heavy (non-hydrogen) atoms. The zero-order valence-corrected chi connectivity index (χ0v) is 19.9. The largest absolute Gasteiger partial charge is 0.389 e. The first kappa shape index (κ1) is 22.4. The molecule has 0 amide bonds. The highest BCUT2D eigenvalue weighted by molar-refractivity contribution is 5.84. The number of hydrogen-bond acceptors (Lipinski definition) is 7. The molecule has 1 aliphatic heterocycles. The third-order valence-corrected chi connectivity index (χ3v) is 6.38. The van der Waals surface area contributed by atoms with Gasteiger partial charge in [0.05, 0.1) is 28.9 Å². The minimum atomic E-state index is -0.669. The Morgan fingerprint density at radius 2 is 1.89 bits per heavy atom. The fraction of sp³-hybridized carbons (Fsp3) is 0.280. The Balaban J connectivity index is 1.34. The van der Waals surface area contributed by atoms with Crippen LogP contribution >= 0.6 is 0 Å². The van der Waals surface area contributed by atoms with Gasteiger partial charge in [-0.25, -0.2) is 28.7 Å². The van der Waals surface area contributed by atoms with Gasteiger partial charge in [-0.05, 0) is 51.1 Å². The molecule has 3 aromatic heterocycles. The monoisotopic (exact) mass is 490 g/mol. The molecule has 0 spiro atoms. The van der Waals surface area contributed by atoms with E-state index in [0.717, 1.165) is 22.9 Å². The zero-order valence-electron chi connectivity index (χ0n) is 19.9. The molecule has 0 radical (unpaired) electrons. The van der Waals surface area contributed by atoms with Gasteiger partial charge in [-0.3, -0.25) is 5.32 Å². The van der Waals surface area contributed by atoms with Crippen molar-refractivity contribution < 1.29 is 13.9 Å². The van der Waals surface area contributed by atoms with Gasteiger partial charge < -0.3 is 19.6 Å². The van der Waals surface area contributed by atoms with Crippen molar-refractivity contribution in [3.63, 3.8) is 0 Å². The van der Waals surface area contributed by atoms with Gasteiger partial charge in [0.15, 0.2) is 11.6 Å². The molecule has 1 fully saturated rings. The van der Waals surface area contributed by atoms with E-state index in [1.54, 1.807) is 6.07 Å². The average Bonchev–Trinajstić information content (AvgIpc) is 3.37. The van der Waals surface area contributed by atoms with Crippen molar-refractivity contribution in [2.75, 3.05) is 23.3 Å². The molecule has 9 nitrogen and oxygen atoms in total. The summed E-state index contributed by atoms with van der Waals surface area (Å²) in [5.74, 6) is -0.0260. The Kier molecular flexibility index (Phi) is 5.11. The number of H-pyrrole nitrogens is 1. The molecule has 0 saturated carbocycles. The quantitative estimate of drug-likeness (QED) is 0.334. The van der Waals surface area contributed by atoms with Crippen LogP contribution in [0.4, 0.5) is 26.4 Å². The van der Waals surface area contributed by atoms with Crippen LogP contribution in [-0.2, 0) is 0 Å². The second kappa shape index (κ2) is 8.23. The molecular formula is C25H24F2N8O. The van der Waals surface area contributed by atoms with Crippen LogP contribution < -0.4 is 10.2 Å². The number of hydrogen-bond donors (Lipinski definition) is 3. The number of rotatable bonds is 5.